The van der Waals surface area contributed by atoms with Crippen LogP contribution < -0.4 is 10.2 Å². The largest absolute Gasteiger partial charge is 0.378 e. The monoisotopic (exact) mass is 550 g/mol. The standard InChI is InChI=1S/C30H26N6O3S/c37-29(34-14-16-39-17-15-34)20-6-8-21(9-7-20)32-27-28-31-11-13-35(28)19-24(33-27)22-3-1-4-25-23(22)10-12-36(25)30(38)26-5-2-18-40-26/h1-9,11,13,18-19H,10,12,14-17H2,(H,32,33). The number of fused-ring (bicyclic) bond motifs is 2. The molecule has 2 aliphatic heterocycles. The molecule has 1 fully saturated rings. The van der Waals surface area contributed by atoms with Crippen molar-refractivity contribution in [1.82, 2.24) is 19.3 Å². The number of morpholine rings is 1. The maximum Gasteiger partial charge on any atom is 0.268 e. The van der Waals surface area contributed by atoms with Crippen LogP contribution in [0.4, 0.5) is 17.2 Å². The molecule has 0 radical (unpaired) electrons. The van der Waals surface area contributed by atoms with Gasteiger partial charge in [0.25, 0.3) is 11.8 Å². The molecule has 2 amide bonds. The van der Waals surface area contributed by atoms with Crippen LogP contribution in [0.3, 0.4) is 0 Å². The molecule has 0 bridgehead atoms. The predicted octanol–water partition coefficient (Wildman–Crippen LogP) is 4.88. The van der Waals surface area contributed by atoms with Gasteiger partial charge in [0, 0.05) is 60.7 Å². The normalized spacial score (nSPS) is 14.9. The van der Waals surface area contributed by atoms with Crippen LogP contribution in [0.1, 0.15) is 25.6 Å². The lowest BCUT2D eigenvalue weighted by atomic mass is 10.0. The Morgan fingerprint density at radius 1 is 0.950 bits per heavy atom. The highest BCUT2D eigenvalue weighted by molar-refractivity contribution is 7.12. The van der Waals surface area contributed by atoms with E-state index in [2.05, 4.69) is 16.4 Å². The van der Waals surface area contributed by atoms with Crippen molar-refractivity contribution in [2.45, 2.75) is 6.42 Å². The Kier molecular flexibility index (Phi) is 6.26. The Balaban J connectivity index is 1.19. The zero-order valence-electron chi connectivity index (χ0n) is 21.6. The Morgan fingerprint density at radius 3 is 2.60 bits per heavy atom. The van der Waals surface area contributed by atoms with E-state index >= 15 is 0 Å². The van der Waals surface area contributed by atoms with E-state index in [0.717, 1.165) is 39.5 Å². The number of imidazole rings is 1. The third kappa shape index (κ3) is 4.41. The number of aromatic nitrogens is 3. The number of anilines is 3. The first-order valence-corrected chi connectivity index (χ1v) is 14.1. The quantitative estimate of drug-likeness (QED) is 0.336. The van der Waals surface area contributed by atoms with Gasteiger partial charge in [0.15, 0.2) is 11.5 Å². The van der Waals surface area contributed by atoms with Crippen molar-refractivity contribution in [2.24, 2.45) is 0 Å². The molecule has 2 aromatic carbocycles. The Morgan fingerprint density at radius 2 is 1.80 bits per heavy atom. The van der Waals surface area contributed by atoms with Gasteiger partial charge in [-0.2, -0.15) is 0 Å². The summed E-state index contributed by atoms with van der Waals surface area (Å²) >= 11 is 1.46. The molecule has 40 heavy (non-hydrogen) atoms. The number of carbonyl (C=O) groups is 2. The van der Waals surface area contributed by atoms with Gasteiger partial charge >= 0.3 is 0 Å². The van der Waals surface area contributed by atoms with Crippen LogP contribution in [0.25, 0.3) is 16.9 Å². The Bertz CT molecular complexity index is 1710. The lowest BCUT2D eigenvalue weighted by Crippen LogP contribution is -2.40. The summed E-state index contributed by atoms with van der Waals surface area (Å²) in [4.78, 5) is 39.9. The van der Waals surface area contributed by atoms with E-state index in [1.807, 2.05) is 80.5 Å². The summed E-state index contributed by atoms with van der Waals surface area (Å²) in [6.45, 7) is 2.99. The lowest BCUT2D eigenvalue weighted by molar-refractivity contribution is 0.0303. The number of nitrogens with zero attached hydrogens (tertiary/aromatic N) is 5. The fraction of sp³-hybridized carbons (Fsp3) is 0.200. The molecule has 1 saturated heterocycles. The first-order chi connectivity index (χ1) is 19.7. The fourth-order valence-corrected chi connectivity index (χ4v) is 6.02. The van der Waals surface area contributed by atoms with Crippen molar-refractivity contribution < 1.29 is 14.3 Å². The molecule has 9 nitrogen and oxygen atoms in total. The molecule has 0 saturated carbocycles. The molecule has 200 valence electrons. The van der Waals surface area contributed by atoms with Crippen LogP contribution in [-0.2, 0) is 11.2 Å². The third-order valence-electron chi connectivity index (χ3n) is 7.35. The second-order valence-corrected chi connectivity index (χ2v) is 10.7. The second-order valence-electron chi connectivity index (χ2n) is 9.73. The van der Waals surface area contributed by atoms with Crippen LogP contribution in [0, 0.1) is 0 Å². The number of carbonyl (C=O) groups excluding carboxylic acids is 2. The molecule has 0 unspecified atom stereocenters. The predicted molar refractivity (Wildman–Crippen MR) is 155 cm³/mol. The zero-order chi connectivity index (χ0) is 27.1. The van der Waals surface area contributed by atoms with Gasteiger partial charge < -0.3 is 24.3 Å². The topological polar surface area (TPSA) is 92.1 Å². The number of hydrogen-bond acceptors (Lipinski definition) is 7. The highest BCUT2D eigenvalue weighted by atomic mass is 32.1. The van der Waals surface area contributed by atoms with E-state index in [0.29, 0.717) is 49.9 Å². The van der Waals surface area contributed by atoms with Gasteiger partial charge in [0.2, 0.25) is 0 Å². The first kappa shape index (κ1) is 24.5. The molecule has 3 aromatic heterocycles. The van der Waals surface area contributed by atoms with E-state index in [1.54, 1.807) is 6.20 Å². The summed E-state index contributed by atoms with van der Waals surface area (Å²) < 4.78 is 7.31. The van der Waals surface area contributed by atoms with E-state index in [1.165, 1.54) is 11.3 Å². The average Bonchev–Trinajstić information content (AvgIpc) is 3.78. The smallest absolute Gasteiger partial charge is 0.268 e. The molecule has 0 aliphatic carbocycles. The van der Waals surface area contributed by atoms with E-state index in [9.17, 15) is 9.59 Å². The number of nitrogens with one attached hydrogen (secondary N) is 1. The number of ether oxygens (including phenoxy) is 1. The zero-order valence-corrected chi connectivity index (χ0v) is 22.4. The highest BCUT2D eigenvalue weighted by Crippen LogP contribution is 2.37. The van der Waals surface area contributed by atoms with Gasteiger partial charge in [-0.3, -0.25) is 9.59 Å². The number of thiophene rings is 1. The summed E-state index contributed by atoms with van der Waals surface area (Å²) in [7, 11) is 0. The molecule has 5 aromatic rings. The molecular weight excluding hydrogens is 524 g/mol. The van der Waals surface area contributed by atoms with Crippen LogP contribution in [0.15, 0.2) is 78.6 Å². The van der Waals surface area contributed by atoms with Crippen LogP contribution in [0.2, 0.25) is 0 Å². The minimum atomic E-state index is 0.00940. The maximum absolute atomic E-state index is 13.1. The summed E-state index contributed by atoms with van der Waals surface area (Å²) in [6.07, 6.45) is 6.36. The third-order valence-corrected chi connectivity index (χ3v) is 8.21. The number of rotatable bonds is 5. The van der Waals surface area contributed by atoms with Crippen molar-refractivity contribution >= 4 is 46.0 Å². The summed E-state index contributed by atoms with van der Waals surface area (Å²) in [5.74, 6) is 0.647. The summed E-state index contributed by atoms with van der Waals surface area (Å²) in [5, 5.41) is 5.33. The fourth-order valence-electron chi connectivity index (χ4n) is 5.35. The molecule has 2 aliphatic rings. The molecule has 0 atom stereocenters. The molecule has 1 N–H and O–H groups in total. The van der Waals surface area contributed by atoms with Gasteiger partial charge in [0.05, 0.1) is 23.8 Å². The van der Waals surface area contributed by atoms with Crippen LogP contribution in [0.5, 0.6) is 0 Å². The van der Waals surface area contributed by atoms with E-state index < -0.39 is 0 Å². The maximum atomic E-state index is 13.1. The first-order valence-electron chi connectivity index (χ1n) is 13.2. The van der Waals surface area contributed by atoms with E-state index in [-0.39, 0.29) is 11.8 Å². The minimum Gasteiger partial charge on any atom is -0.378 e. The summed E-state index contributed by atoms with van der Waals surface area (Å²) in [6, 6.07) is 17.2. The van der Waals surface area contributed by atoms with Gasteiger partial charge in [-0.25, -0.2) is 9.97 Å². The summed E-state index contributed by atoms with van der Waals surface area (Å²) in [5.41, 5.74) is 5.95. The van der Waals surface area contributed by atoms with Crippen molar-refractivity contribution in [1.29, 1.82) is 0 Å². The van der Waals surface area contributed by atoms with Gasteiger partial charge in [0.1, 0.15) is 0 Å². The van der Waals surface area contributed by atoms with Crippen molar-refractivity contribution in [3.63, 3.8) is 0 Å². The minimum absolute atomic E-state index is 0.00940. The number of hydrogen-bond donors (Lipinski definition) is 1. The number of amides is 2. The molecule has 7 rings (SSSR count). The van der Waals surface area contributed by atoms with Crippen molar-refractivity contribution in [3.05, 3.63) is 94.6 Å². The SMILES string of the molecule is O=C(c1ccc(Nc2nc(-c3cccc4c3CCN4C(=O)c3cccs3)cn3ccnc23)cc1)N1CCOCC1. The van der Waals surface area contributed by atoms with Crippen LogP contribution in [-0.4, -0.2) is 63.9 Å². The molecule has 0 spiro atoms. The van der Waals surface area contributed by atoms with Gasteiger partial charge in [-0.15, -0.1) is 11.3 Å². The second kappa shape index (κ2) is 10.2. The average molecular weight is 551 g/mol. The van der Waals surface area contributed by atoms with Crippen LogP contribution >= 0.6 is 11.3 Å². The lowest BCUT2D eigenvalue weighted by Gasteiger charge is -2.26. The Hall–Kier alpha value is -4.54. The number of benzene rings is 2. The van der Waals surface area contributed by atoms with E-state index in [4.69, 9.17) is 9.72 Å². The highest BCUT2D eigenvalue weighted by Gasteiger charge is 2.28. The van der Waals surface area contributed by atoms with Crippen molar-refractivity contribution in [3.8, 4) is 11.3 Å². The van der Waals surface area contributed by atoms with Crippen molar-refractivity contribution in [2.75, 3.05) is 43.1 Å². The molecule has 5 heterocycles. The van der Waals surface area contributed by atoms with Gasteiger partial charge in [-0.1, -0.05) is 18.2 Å². The molecular formula is C30H26N6O3S. The Labute approximate surface area is 234 Å². The molecule has 10 heteroatoms. The van der Waals surface area contributed by atoms with Gasteiger partial charge in [-0.05, 0) is 53.8 Å².